The number of nitrogens with two attached hydrogens (primary N) is 1. The summed E-state index contributed by atoms with van der Waals surface area (Å²) in [5.74, 6) is 0.669. The van der Waals surface area contributed by atoms with E-state index in [1.807, 2.05) is 11.6 Å². The predicted octanol–water partition coefficient (Wildman–Crippen LogP) is 2.34. The van der Waals surface area contributed by atoms with Crippen LogP contribution in [0.1, 0.15) is 38.6 Å². The standard InChI is InChI=1S/C12H23N3S/c1-10(5-4-6-13)9-15-12(2,3)11-14-7-8-16-11/h7-8,10,15H,4-6,9,13H2,1-3H3. The van der Waals surface area contributed by atoms with Crippen LogP contribution in [-0.4, -0.2) is 18.1 Å². The van der Waals surface area contributed by atoms with Gasteiger partial charge in [0.15, 0.2) is 0 Å². The van der Waals surface area contributed by atoms with Crippen molar-refractivity contribution < 1.29 is 0 Å². The van der Waals surface area contributed by atoms with Gasteiger partial charge in [0.2, 0.25) is 0 Å². The topological polar surface area (TPSA) is 50.9 Å². The minimum atomic E-state index is -0.0227. The first-order chi connectivity index (χ1) is 7.56. The Morgan fingerprint density at radius 3 is 2.88 bits per heavy atom. The molecular formula is C12H23N3S. The molecule has 0 spiro atoms. The van der Waals surface area contributed by atoms with Gasteiger partial charge in [0.25, 0.3) is 0 Å². The Kier molecular flexibility index (Phi) is 5.38. The smallest absolute Gasteiger partial charge is 0.112 e. The molecule has 16 heavy (non-hydrogen) atoms. The van der Waals surface area contributed by atoms with Crippen molar-refractivity contribution in [3.05, 3.63) is 16.6 Å². The molecule has 1 unspecified atom stereocenters. The third kappa shape index (κ3) is 4.20. The summed E-state index contributed by atoms with van der Waals surface area (Å²) in [6, 6.07) is 0. The van der Waals surface area contributed by atoms with Crippen molar-refractivity contribution in [3.63, 3.8) is 0 Å². The average Bonchev–Trinajstić information content (AvgIpc) is 2.77. The van der Waals surface area contributed by atoms with Crippen LogP contribution in [0.15, 0.2) is 11.6 Å². The van der Waals surface area contributed by atoms with E-state index in [1.54, 1.807) is 11.3 Å². The zero-order valence-electron chi connectivity index (χ0n) is 10.5. The van der Waals surface area contributed by atoms with E-state index in [-0.39, 0.29) is 5.54 Å². The molecule has 0 aliphatic rings. The van der Waals surface area contributed by atoms with E-state index in [0.717, 1.165) is 24.5 Å². The SMILES string of the molecule is CC(CCCN)CNC(C)(C)c1nccs1. The third-order valence-corrected chi connectivity index (χ3v) is 3.86. The molecule has 1 aromatic heterocycles. The van der Waals surface area contributed by atoms with Crippen molar-refractivity contribution in [3.8, 4) is 0 Å². The molecule has 0 bridgehead atoms. The van der Waals surface area contributed by atoms with E-state index in [0.29, 0.717) is 5.92 Å². The molecule has 0 fully saturated rings. The lowest BCUT2D eigenvalue weighted by Crippen LogP contribution is -2.39. The van der Waals surface area contributed by atoms with E-state index in [9.17, 15) is 0 Å². The van der Waals surface area contributed by atoms with Crippen molar-refractivity contribution in [2.24, 2.45) is 11.7 Å². The van der Waals surface area contributed by atoms with Gasteiger partial charge < -0.3 is 11.1 Å². The maximum atomic E-state index is 5.51. The lowest BCUT2D eigenvalue weighted by atomic mass is 10.0. The van der Waals surface area contributed by atoms with Crippen molar-refractivity contribution in [1.82, 2.24) is 10.3 Å². The molecule has 92 valence electrons. The monoisotopic (exact) mass is 241 g/mol. The number of nitrogens with one attached hydrogen (secondary N) is 1. The van der Waals surface area contributed by atoms with Crippen LogP contribution in [-0.2, 0) is 5.54 Å². The second-order valence-corrected chi connectivity index (χ2v) is 5.77. The van der Waals surface area contributed by atoms with Gasteiger partial charge in [-0.15, -0.1) is 11.3 Å². The maximum absolute atomic E-state index is 5.51. The van der Waals surface area contributed by atoms with Crippen LogP contribution in [0.2, 0.25) is 0 Å². The second kappa shape index (κ2) is 6.33. The summed E-state index contributed by atoms with van der Waals surface area (Å²) in [5.41, 5.74) is 5.48. The highest BCUT2D eigenvalue weighted by Gasteiger charge is 2.22. The third-order valence-electron chi connectivity index (χ3n) is 2.76. The minimum absolute atomic E-state index is 0.0227. The van der Waals surface area contributed by atoms with E-state index in [1.165, 1.54) is 6.42 Å². The van der Waals surface area contributed by atoms with Gasteiger partial charge in [0.05, 0.1) is 5.54 Å². The highest BCUT2D eigenvalue weighted by atomic mass is 32.1. The fourth-order valence-electron chi connectivity index (χ4n) is 1.61. The number of aromatic nitrogens is 1. The van der Waals surface area contributed by atoms with Gasteiger partial charge in [-0.3, -0.25) is 0 Å². The number of hydrogen-bond donors (Lipinski definition) is 2. The van der Waals surface area contributed by atoms with Crippen LogP contribution in [0.5, 0.6) is 0 Å². The van der Waals surface area contributed by atoms with Crippen molar-refractivity contribution in [2.45, 2.75) is 39.2 Å². The Morgan fingerprint density at radius 1 is 1.56 bits per heavy atom. The van der Waals surface area contributed by atoms with Crippen LogP contribution in [0.4, 0.5) is 0 Å². The zero-order chi connectivity index (χ0) is 12.0. The van der Waals surface area contributed by atoms with E-state index in [4.69, 9.17) is 5.73 Å². The molecule has 1 heterocycles. The molecule has 0 aliphatic heterocycles. The Hall–Kier alpha value is -0.450. The Bertz CT molecular complexity index is 282. The van der Waals surface area contributed by atoms with Gasteiger partial charge >= 0.3 is 0 Å². The van der Waals surface area contributed by atoms with E-state index < -0.39 is 0 Å². The number of nitrogens with zero attached hydrogens (tertiary/aromatic N) is 1. The van der Waals surface area contributed by atoms with Gasteiger partial charge in [-0.05, 0) is 45.7 Å². The molecular weight excluding hydrogens is 218 g/mol. The highest BCUT2D eigenvalue weighted by molar-refractivity contribution is 7.09. The van der Waals surface area contributed by atoms with E-state index in [2.05, 4.69) is 31.1 Å². The van der Waals surface area contributed by atoms with Crippen LogP contribution in [0.25, 0.3) is 0 Å². The minimum Gasteiger partial charge on any atom is -0.330 e. The van der Waals surface area contributed by atoms with Gasteiger partial charge in [0, 0.05) is 11.6 Å². The largest absolute Gasteiger partial charge is 0.330 e. The first-order valence-corrected chi connectivity index (χ1v) is 6.79. The van der Waals surface area contributed by atoms with Gasteiger partial charge in [-0.2, -0.15) is 0 Å². The van der Waals surface area contributed by atoms with Crippen LogP contribution in [0, 0.1) is 5.92 Å². The number of thiazole rings is 1. The molecule has 3 N–H and O–H groups in total. The molecule has 0 aromatic carbocycles. The van der Waals surface area contributed by atoms with Crippen molar-refractivity contribution >= 4 is 11.3 Å². The molecule has 1 rings (SSSR count). The summed E-state index contributed by atoms with van der Waals surface area (Å²) < 4.78 is 0. The lowest BCUT2D eigenvalue weighted by molar-refractivity contribution is 0.352. The summed E-state index contributed by atoms with van der Waals surface area (Å²) in [6.07, 6.45) is 4.17. The summed E-state index contributed by atoms with van der Waals surface area (Å²) in [5, 5.41) is 6.75. The van der Waals surface area contributed by atoms with Crippen molar-refractivity contribution in [1.29, 1.82) is 0 Å². The Labute approximate surface area is 102 Å². The predicted molar refractivity (Wildman–Crippen MR) is 70.6 cm³/mol. The Morgan fingerprint density at radius 2 is 2.31 bits per heavy atom. The van der Waals surface area contributed by atoms with Gasteiger partial charge in [0.1, 0.15) is 5.01 Å². The molecule has 1 aromatic rings. The number of hydrogen-bond acceptors (Lipinski definition) is 4. The fourth-order valence-corrected chi connectivity index (χ4v) is 2.34. The molecule has 3 nitrogen and oxygen atoms in total. The summed E-state index contributed by atoms with van der Waals surface area (Å²) in [6.45, 7) is 8.44. The summed E-state index contributed by atoms with van der Waals surface area (Å²) >= 11 is 1.71. The first kappa shape index (κ1) is 13.6. The fraction of sp³-hybridized carbons (Fsp3) is 0.750. The quantitative estimate of drug-likeness (QED) is 0.770. The van der Waals surface area contributed by atoms with Gasteiger partial charge in [-0.25, -0.2) is 4.98 Å². The average molecular weight is 241 g/mol. The second-order valence-electron chi connectivity index (χ2n) is 4.88. The number of rotatable bonds is 7. The summed E-state index contributed by atoms with van der Waals surface area (Å²) in [7, 11) is 0. The highest BCUT2D eigenvalue weighted by Crippen LogP contribution is 2.22. The molecule has 0 amide bonds. The molecule has 0 radical (unpaired) electrons. The van der Waals surface area contributed by atoms with Gasteiger partial charge in [-0.1, -0.05) is 6.92 Å². The van der Waals surface area contributed by atoms with Crippen LogP contribution < -0.4 is 11.1 Å². The molecule has 0 saturated carbocycles. The zero-order valence-corrected chi connectivity index (χ0v) is 11.3. The first-order valence-electron chi connectivity index (χ1n) is 5.91. The van der Waals surface area contributed by atoms with Crippen LogP contribution in [0.3, 0.4) is 0 Å². The van der Waals surface area contributed by atoms with E-state index >= 15 is 0 Å². The lowest BCUT2D eigenvalue weighted by Gasteiger charge is -2.26. The molecule has 1 atom stereocenters. The normalized spacial score (nSPS) is 14.0. The Balaban J connectivity index is 2.36. The van der Waals surface area contributed by atoms with Crippen molar-refractivity contribution in [2.75, 3.05) is 13.1 Å². The maximum Gasteiger partial charge on any atom is 0.112 e. The molecule has 0 saturated heterocycles. The molecule has 4 heteroatoms. The molecule has 0 aliphatic carbocycles. The summed E-state index contributed by atoms with van der Waals surface area (Å²) in [4.78, 5) is 4.36. The van der Waals surface area contributed by atoms with Crippen LogP contribution >= 0.6 is 11.3 Å².